The Hall–Kier alpha value is -4.10. The number of hydrogen-bond acceptors (Lipinski definition) is 6. The van der Waals surface area contributed by atoms with E-state index in [1.807, 2.05) is 65.2 Å². The Balaban J connectivity index is 1.79. The maximum Gasteiger partial charge on any atom is 0.165 e. The van der Waals surface area contributed by atoms with E-state index in [0.717, 1.165) is 33.6 Å². The third-order valence-electron chi connectivity index (χ3n) is 4.92. The van der Waals surface area contributed by atoms with Gasteiger partial charge in [0.05, 0.1) is 17.9 Å². The third-order valence-corrected chi connectivity index (χ3v) is 4.92. The summed E-state index contributed by atoms with van der Waals surface area (Å²) in [5.41, 5.74) is 11.7. The predicted molar refractivity (Wildman–Crippen MR) is 116 cm³/mol. The van der Waals surface area contributed by atoms with Crippen LogP contribution in [-0.2, 0) is 6.61 Å². The van der Waals surface area contributed by atoms with Gasteiger partial charge in [-0.2, -0.15) is 0 Å². The van der Waals surface area contributed by atoms with Gasteiger partial charge < -0.3 is 10.8 Å². The lowest BCUT2D eigenvalue weighted by molar-refractivity contribution is 0.282. The first-order chi connectivity index (χ1) is 14.7. The molecule has 0 aliphatic heterocycles. The average molecular weight is 394 g/mol. The van der Waals surface area contributed by atoms with Crippen molar-refractivity contribution in [2.24, 2.45) is 0 Å². The van der Waals surface area contributed by atoms with Crippen molar-refractivity contribution < 1.29 is 5.11 Å². The highest BCUT2D eigenvalue weighted by Gasteiger charge is 2.18. The summed E-state index contributed by atoms with van der Waals surface area (Å²) in [5, 5.41) is 9.40. The highest BCUT2D eigenvalue weighted by Crippen LogP contribution is 2.31. The van der Waals surface area contributed by atoms with Crippen molar-refractivity contribution in [3.8, 4) is 28.3 Å². The van der Waals surface area contributed by atoms with E-state index in [2.05, 4.69) is 9.97 Å². The predicted octanol–water partition coefficient (Wildman–Crippen LogP) is 3.62. The summed E-state index contributed by atoms with van der Waals surface area (Å²) in [6.07, 6.45) is 5.17. The SMILES string of the molecule is Nc1ncccc1-c1nc2ccc(-c3cccnc3)nc2n1-c1ccc(CO)cc1. The van der Waals surface area contributed by atoms with Crippen molar-refractivity contribution in [2.75, 3.05) is 5.73 Å². The lowest BCUT2D eigenvalue weighted by Gasteiger charge is -2.11. The molecule has 0 bridgehead atoms. The first-order valence-electron chi connectivity index (χ1n) is 9.45. The van der Waals surface area contributed by atoms with Crippen LogP contribution in [0.15, 0.2) is 79.3 Å². The smallest absolute Gasteiger partial charge is 0.165 e. The molecule has 0 atom stereocenters. The van der Waals surface area contributed by atoms with Crippen LogP contribution in [0.25, 0.3) is 39.5 Å². The van der Waals surface area contributed by atoms with Crippen molar-refractivity contribution in [3.63, 3.8) is 0 Å². The number of aliphatic hydroxyl groups is 1. The Morgan fingerprint density at radius 1 is 0.900 bits per heavy atom. The van der Waals surface area contributed by atoms with Gasteiger partial charge in [0.1, 0.15) is 11.3 Å². The van der Waals surface area contributed by atoms with E-state index in [1.54, 1.807) is 18.6 Å². The number of pyridine rings is 3. The van der Waals surface area contributed by atoms with Crippen LogP contribution in [-0.4, -0.2) is 29.6 Å². The molecule has 146 valence electrons. The van der Waals surface area contributed by atoms with Gasteiger partial charge in [0, 0.05) is 29.8 Å². The second-order valence-electron chi connectivity index (χ2n) is 6.81. The molecule has 7 heteroatoms. The number of nitrogens with two attached hydrogens (primary N) is 1. The lowest BCUT2D eigenvalue weighted by Crippen LogP contribution is -2.02. The zero-order valence-electron chi connectivity index (χ0n) is 16.0. The lowest BCUT2D eigenvalue weighted by atomic mass is 10.2. The van der Waals surface area contributed by atoms with Crippen molar-refractivity contribution in [1.29, 1.82) is 0 Å². The van der Waals surface area contributed by atoms with Gasteiger partial charge in [-0.15, -0.1) is 0 Å². The highest BCUT2D eigenvalue weighted by atomic mass is 16.3. The molecule has 30 heavy (non-hydrogen) atoms. The number of benzene rings is 1. The van der Waals surface area contributed by atoms with Crippen LogP contribution in [0.4, 0.5) is 5.82 Å². The number of anilines is 1. The molecule has 0 saturated carbocycles. The van der Waals surface area contributed by atoms with E-state index in [-0.39, 0.29) is 6.61 Å². The van der Waals surface area contributed by atoms with E-state index < -0.39 is 0 Å². The number of nitrogen functional groups attached to an aromatic ring is 1. The fraction of sp³-hybridized carbons (Fsp3) is 0.0435. The summed E-state index contributed by atoms with van der Waals surface area (Å²) in [6.45, 7) is -0.0171. The molecular formula is C23H18N6O. The monoisotopic (exact) mass is 394 g/mol. The average Bonchev–Trinajstić information content (AvgIpc) is 3.18. The molecule has 1 aromatic carbocycles. The van der Waals surface area contributed by atoms with Crippen LogP contribution in [0.3, 0.4) is 0 Å². The Morgan fingerprint density at radius 2 is 1.73 bits per heavy atom. The molecule has 4 heterocycles. The molecule has 0 spiro atoms. The summed E-state index contributed by atoms with van der Waals surface area (Å²) >= 11 is 0. The molecule has 0 unspecified atom stereocenters. The van der Waals surface area contributed by atoms with Gasteiger partial charge in [-0.3, -0.25) is 9.55 Å². The standard InChI is InChI=1S/C23H18N6O/c24-21-18(4-2-12-26-21)22-28-20-10-9-19(16-3-1-11-25-13-16)27-23(20)29(22)17-7-5-15(14-30)6-8-17/h1-13,30H,14H2,(H2,24,26). The van der Waals surface area contributed by atoms with Gasteiger partial charge in [0.15, 0.2) is 11.5 Å². The second-order valence-corrected chi connectivity index (χ2v) is 6.81. The molecular weight excluding hydrogens is 376 g/mol. The summed E-state index contributed by atoms with van der Waals surface area (Å²) in [7, 11) is 0. The van der Waals surface area contributed by atoms with Crippen molar-refractivity contribution in [1.82, 2.24) is 24.5 Å². The molecule has 0 fully saturated rings. The van der Waals surface area contributed by atoms with Crippen molar-refractivity contribution in [3.05, 3.63) is 84.8 Å². The van der Waals surface area contributed by atoms with Gasteiger partial charge in [-0.1, -0.05) is 12.1 Å². The Morgan fingerprint density at radius 3 is 2.47 bits per heavy atom. The number of hydrogen-bond donors (Lipinski definition) is 2. The normalized spacial score (nSPS) is 11.1. The van der Waals surface area contributed by atoms with Gasteiger partial charge >= 0.3 is 0 Å². The zero-order chi connectivity index (χ0) is 20.5. The summed E-state index contributed by atoms with van der Waals surface area (Å²) < 4.78 is 1.96. The largest absolute Gasteiger partial charge is 0.392 e. The molecule has 5 aromatic rings. The summed E-state index contributed by atoms with van der Waals surface area (Å²) in [4.78, 5) is 18.1. The minimum absolute atomic E-state index is 0.0171. The van der Waals surface area contributed by atoms with Crippen LogP contribution in [0.2, 0.25) is 0 Å². The summed E-state index contributed by atoms with van der Waals surface area (Å²) in [6, 6.07) is 19.1. The quantitative estimate of drug-likeness (QED) is 0.483. The van der Waals surface area contributed by atoms with Gasteiger partial charge in [-0.05, 0) is 54.1 Å². The number of fused-ring (bicyclic) bond motifs is 1. The number of aliphatic hydroxyl groups excluding tert-OH is 1. The molecule has 3 N–H and O–H groups in total. The third kappa shape index (κ3) is 3.07. The second kappa shape index (κ2) is 7.38. The topological polar surface area (TPSA) is 103 Å². The minimum Gasteiger partial charge on any atom is -0.392 e. The van der Waals surface area contributed by atoms with Crippen LogP contribution < -0.4 is 5.73 Å². The molecule has 0 amide bonds. The highest BCUT2D eigenvalue weighted by molar-refractivity contribution is 5.84. The number of rotatable bonds is 4. The van der Waals surface area contributed by atoms with E-state index in [9.17, 15) is 5.11 Å². The van der Waals surface area contributed by atoms with E-state index >= 15 is 0 Å². The molecule has 0 aliphatic carbocycles. The molecule has 0 aliphatic rings. The molecule has 5 rings (SSSR count). The fourth-order valence-corrected chi connectivity index (χ4v) is 3.41. The molecule has 7 nitrogen and oxygen atoms in total. The van der Waals surface area contributed by atoms with E-state index in [4.69, 9.17) is 15.7 Å². The van der Waals surface area contributed by atoms with E-state index in [1.165, 1.54) is 0 Å². The fourth-order valence-electron chi connectivity index (χ4n) is 3.41. The van der Waals surface area contributed by atoms with Crippen LogP contribution >= 0.6 is 0 Å². The first kappa shape index (κ1) is 18.0. The van der Waals surface area contributed by atoms with Crippen molar-refractivity contribution in [2.45, 2.75) is 6.61 Å². The summed E-state index contributed by atoms with van der Waals surface area (Å²) in [5.74, 6) is 1.05. The first-order valence-corrected chi connectivity index (χ1v) is 9.45. The molecule has 0 saturated heterocycles. The van der Waals surface area contributed by atoms with Crippen LogP contribution in [0.1, 0.15) is 5.56 Å². The van der Waals surface area contributed by atoms with Gasteiger partial charge in [0.25, 0.3) is 0 Å². The van der Waals surface area contributed by atoms with Crippen LogP contribution in [0.5, 0.6) is 0 Å². The van der Waals surface area contributed by atoms with E-state index in [0.29, 0.717) is 17.3 Å². The van der Waals surface area contributed by atoms with Gasteiger partial charge in [-0.25, -0.2) is 15.0 Å². The maximum atomic E-state index is 9.40. The number of nitrogens with zero attached hydrogens (tertiary/aromatic N) is 5. The van der Waals surface area contributed by atoms with Crippen molar-refractivity contribution >= 4 is 17.0 Å². The number of imidazole rings is 1. The van der Waals surface area contributed by atoms with Crippen LogP contribution in [0, 0.1) is 0 Å². The number of aromatic nitrogens is 5. The van der Waals surface area contributed by atoms with Gasteiger partial charge in [0.2, 0.25) is 0 Å². The zero-order valence-corrected chi connectivity index (χ0v) is 16.0. The Kier molecular flexibility index (Phi) is 4.42. The Labute approximate surface area is 172 Å². The molecule has 4 aromatic heterocycles. The Bertz CT molecular complexity index is 1330. The molecule has 0 radical (unpaired) electrons. The minimum atomic E-state index is -0.0171. The maximum absolute atomic E-state index is 9.40.